The van der Waals surface area contributed by atoms with Crippen LogP contribution in [0.4, 0.5) is 17.5 Å². The molecule has 0 spiro atoms. The minimum atomic E-state index is -0.322. The zero-order valence-corrected chi connectivity index (χ0v) is 21.4. The molecule has 0 saturated heterocycles. The molecule has 1 aliphatic rings. The number of nitrogens with zero attached hydrogens (tertiary/aromatic N) is 3. The molecule has 0 unspecified atom stereocenters. The van der Waals surface area contributed by atoms with Crippen molar-refractivity contribution in [1.82, 2.24) is 25.3 Å². The SMILES string of the molecule is Cc1cc(OCCCN[C@H](C(N)=O)C(C)C)ccc1Nc1nc(NC2CCCCC2)c2[nH]cnc2n1. The van der Waals surface area contributed by atoms with Crippen LogP contribution in [0.3, 0.4) is 0 Å². The Hall–Kier alpha value is -3.40. The number of H-pyrrole nitrogens is 1. The maximum atomic E-state index is 11.5. The van der Waals surface area contributed by atoms with Gasteiger partial charge in [-0.3, -0.25) is 4.79 Å². The van der Waals surface area contributed by atoms with E-state index in [1.165, 1.54) is 19.3 Å². The number of benzene rings is 1. The summed E-state index contributed by atoms with van der Waals surface area (Å²) in [5.74, 6) is 1.91. The van der Waals surface area contributed by atoms with E-state index in [1.807, 2.05) is 39.0 Å². The van der Waals surface area contributed by atoms with Gasteiger partial charge in [0.15, 0.2) is 11.5 Å². The lowest BCUT2D eigenvalue weighted by Crippen LogP contribution is -2.45. The van der Waals surface area contributed by atoms with Crippen molar-refractivity contribution in [2.45, 2.75) is 71.4 Å². The van der Waals surface area contributed by atoms with Crippen molar-refractivity contribution in [2.75, 3.05) is 23.8 Å². The van der Waals surface area contributed by atoms with Gasteiger partial charge in [-0.05, 0) is 62.4 Å². The van der Waals surface area contributed by atoms with Crippen molar-refractivity contribution in [1.29, 1.82) is 0 Å². The number of hydrogen-bond donors (Lipinski definition) is 5. The first-order valence-corrected chi connectivity index (χ1v) is 12.9. The summed E-state index contributed by atoms with van der Waals surface area (Å²) < 4.78 is 5.91. The summed E-state index contributed by atoms with van der Waals surface area (Å²) in [7, 11) is 0. The molecule has 2 heterocycles. The number of amides is 1. The number of ether oxygens (including phenoxy) is 1. The third kappa shape index (κ3) is 6.63. The minimum absolute atomic E-state index is 0.156. The number of nitrogens with one attached hydrogen (secondary N) is 4. The molecule has 1 atom stereocenters. The second-order valence-electron chi connectivity index (χ2n) is 9.86. The maximum Gasteiger partial charge on any atom is 0.234 e. The molecule has 4 rings (SSSR count). The van der Waals surface area contributed by atoms with Crippen molar-refractivity contribution in [2.24, 2.45) is 11.7 Å². The third-order valence-corrected chi connectivity index (χ3v) is 6.60. The fraction of sp³-hybridized carbons (Fsp3) is 0.538. The Balaban J connectivity index is 1.35. The van der Waals surface area contributed by atoms with E-state index in [-0.39, 0.29) is 17.9 Å². The number of fused-ring (bicyclic) bond motifs is 1. The average molecular weight is 495 g/mol. The predicted octanol–water partition coefficient (Wildman–Crippen LogP) is 4.02. The number of aryl methyl sites for hydroxylation is 1. The molecule has 1 aliphatic carbocycles. The molecule has 10 nitrogen and oxygen atoms in total. The van der Waals surface area contributed by atoms with E-state index in [4.69, 9.17) is 15.5 Å². The van der Waals surface area contributed by atoms with Gasteiger partial charge in [0.1, 0.15) is 11.3 Å². The van der Waals surface area contributed by atoms with Crippen LogP contribution in [0.1, 0.15) is 57.9 Å². The highest BCUT2D eigenvalue weighted by Crippen LogP contribution is 2.28. The molecule has 1 amide bonds. The van der Waals surface area contributed by atoms with Gasteiger partial charge in [0.05, 0.1) is 19.0 Å². The maximum absolute atomic E-state index is 11.5. The Morgan fingerprint density at radius 2 is 2.03 bits per heavy atom. The molecule has 1 aromatic carbocycles. The molecular weight excluding hydrogens is 456 g/mol. The number of primary amides is 1. The Bertz CT molecular complexity index is 1160. The molecule has 3 aromatic rings. The first-order valence-electron chi connectivity index (χ1n) is 12.9. The van der Waals surface area contributed by atoms with Gasteiger partial charge in [-0.1, -0.05) is 33.1 Å². The van der Waals surface area contributed by atoms with Crippen LogP contribution >= 0.6 is 0 Å². The Morgan fingerprint density at radius 1 is 1.22 bits per heavy atom. The van der Waals surface area contributed by atoms with Crippen molar-refractivity contribution in [3.63, 3.8) is 0 Å². The number of aromatic amines is 1. The summed E-state index contributed by atoms with van der Waals surface area (Å²) in [5, 5.41) is 10.1. The zero-order chi connectivity index (χ0) is 25.5. The van der Waals surface area contributed by atoms with Gasteiger partial charge in [-0.15, -0.1) is 0 Å². The van der Waals surface area contributed by atoms with E-state index < -0.39 is 0 Å². The van der Waals surface area contributed by atoms with Crippen LogP contribution in [-0.2, 0) is 4.79 Å². The molecule has 0 radical (unpaired) electrons. The Kier molecular flexibility index (Phi) is 8.58. The monoisotopic (exact) mass is 494 g/mol. The molecule has 36 heavy (non-hydrogen) atoms. The minimum Gasteiger partial charge on any atom is -0.494 e. The van der Waals surface area contributed by atoms with Crippen LogP contribution in [0, 0.1) is 12.8 Å². The summed E-state index contributed by atoms with van der Waals surface area (Å²) in [4.78, 5) is 28.3. The highest BCUT2D eigenvalue weighted by molar-refractivity contribution is 5.84. The highest BCUT2D eigenvalue weighted by atomic mass is 16.5. The second kappa shape index (κ2) is 12.0. The summed E-state index contributed by atoms with van der Waals surface area (Å²) in [6.45, 7) is 7.17. The smallest absolute Gasteiger partial charge is 0.234 e. The van der Waals surface area contributed by atoms with Crippen LogP contribution < -0.4 is 26.4 Å². The molecule has 2 aromatic heterocycles. The van der Waals surface area contributed by atoms with E-state index in [0.717, 1.165) is 47.6 Å². The summed E-state index contributed by atoms with van der Waals surface area (Å²) in [5.41, 5.74) is 8.83. The van der Waals surface area contributed by atoms with Gasteiger partial charge in [-0.25, -0.2) is 4.98 Å². The van der Waals surface area contributed by atoms with Gasteiger partial charge in [0, 0.05) is 11.7 Å². The van der Waals surface area contributed by atoms with Gasteiger partial charge >= 0.3 is 0 Å². The fourth-order valence-electron chi connectivity index (χ4n) is 4.61. The topological polar surface area (TPSA) is 143 Å². The number of rotatable bonds is 12. The van der Waals surface area contributed by atoms with Crippen molar-refractivity contribution >= 4 is 34.5 Å². The highest BCUT2D eigenvalue weighted by Gasteiger charge is 2.19. The van der Waals surface area contributed by atoms with Crippen LogP contribution in [0.5, 0.6) is 5.75 Å². The molecular formula is C26H38N8O2. The van der Waals surface area contributed by atoms with E-state index in [9.17, 15) is 4.79 Å². The number of aromatic nitrogens is 4. The standard InChI is InChI=1S/C26H38N8O2/c1-16(2)21(23(27)35)28-12-7-13-36-19-10-11-20(17(3)14-19)32-26-33-24-22(29-15-30-24)25(34-26)31-18-8-5-4-6-9-18/h10-11,14-16,18,21,28H,4-9,12-13H2,1-3H3,(H2,27,35)(H3,29,30,31,32,33,34)/t21-/m0/s1. The average Bonchev–Trinajstić information content (AvgIpc) is 3.32. The van der Waals surface area contributed by atoms with Crippen molar-refractivity contribution < 1.29 is 9.53 Å². The molecule has 10 heteroatoms. The fourth-order valence-corrected chi connectivity index (χ4v) is 4.61. The first kappa shape index (κ1) is 25.7. The lowest BCUT2D eigenvalue weighted by Gasteiger charge is -2.23. The van der Waals surface area contributed by atoms with E-state index in [1.54, 1.807) is 6.33 Å². The van der Waals surface area contributed by atoms with Crippen molar-refractivity contribution in [3.05, 3.63) is 30.1 Å². The molecule has 1 fully saturated rings. The van der Waals surface area contributed by atoms with Gasteiger partial charge in [0.2, 0.25) is 11.9 Å². The number of anilines is 3. The lowest BCUT2D eigenvalue weighted by atomic mass is 9.95. The lowest BCUT2D eigenvalue weighted by molar-refractivity contribution is -0.121. The molecule has 6 N–H and O–H groups in total. The van der Waals surface area contributed by atoms with Crippen LogP contribution in [-0.4, -0.2) is 51.1 Å². The van der Waals surface area contributed by atoms with Gasteiger partial charge in [0.25, 0.3) is 0 Å². The summed E-state index contributed by atoms with van der Waals surface area (Å²) >= 11 is 0. The summed E-state index contributed by atoms with van der Waals surface area (Å²) in [6.07, 6.45) is 8.53. The van der Waals surface area contributed by atoms with Crippen LogP contribution in [0.2, 0.25) is 0 Å². The largest absolute Gasteiger partial charge is 0.494 e. The van der Waals surface area contributed by atoms with Crippen LogP contribution in [0.25, 0.3) is 11.2 Å². The van der Waals surface area contributed by atoms with E-state index in [2.05, 4.69) is 30.9 Å². The number of hydrogen-bond acceptors (Lipinski definition) is 8. The van der Waals surface area contributed by atoms with E-state index in [0.29, 0.717) is 30.8 Å². The third-order valence-electron chi connectivity index (χ3n) is 6.60. The molecule has 194 valence electrons. The molecule has 1 saturated carbocycles. The summed E-state index contributed by atoms with van der Waals surface area (Å²) in [6, 6.07) is 5.99. The normalized spacial score (nSPS) is 15.2. The Morgan fingerprint density at radius 3 is 2.75 bits per heavy atom. The second-order valence-corrected chi connectivity index (χ2v) is 9.86. The van der Waals surface area contributed by atoms with E-state index >= 15 is 0 Å². The molecule has 0 bridgehead atoms. The van der Waals surface area contributed by atoms with Gasteiger partial charge in [-0.2, -0.15) is 9.97 Å². The first-order chi connectivity index (χ1) is 17.4. The number of nitrogens with two attached hydrogens (primary N) is 1. The molecule has 0 aliphatic heterocycles. The number of carbonyl (C=O) groups is 1. The van der Waals surface area contributed by atoms with Crippen molar-refractivity contribution in [3.8, 4) is 5.75 Å². The zero-order valence-electron chi connectivity index (χ0n) is 21.4. The quantitative estimate of drug-likeness (QED) is 0.238. The number of imidazole rings is 1. The van der Waals surface area contributed by atoms with Gasteiger partial charge < -0.3 is 31.4 Å². The number of carbonyl (C=O) groups excluding carboxylic acids is 1. The Labute approximate surface area is 212 Å². The predicted molar refractivity (Wildman–Crippen MR) is 143 cm³/mol. The van der Waals surface area contributed by atoms with Crippen LogP contribution in [0.15, 0.2) is 24.5 Å².